The average Bonchev–Trinajstić information content (AvgIpc) is 2.98. The number of rotatable bonds is 7. The first-order valence-electron chi connectivity index (χ1n) is 12.8. The number of carbonyl (C=O) groups excluding carboxylic acids is 2. The molecule has 1 fully saturated rings. The number of esters is 1. The summed E-state index contributed by atoms with van der Waals surface area (Å²) in [5, 5.41) is 6.45. The van der Waals surface area contributed by atoms with Crippen molar-refractivity contribution in [2.24, 2.45) is 0 Å². The second-order valence-corrected chi connectivity index (χ2v) is 9.33. The van der Waals surface area contributed by atoms with Crippen LogP contribution in [0.2, 0.25) is 0 Å². The van der Waals surface area contributed by atoms with E-state index in [1.165, 1.54) is 7.11 Å². The van der Waals surface area contributed by atoms with Crippen LogP contribution in [0.5, 0.6) is 0 Å². The number of amides is 1. The molecule has 1 heterocycles. The van der Waals surface area contributed by atoms with E-state index in [1.807, 2.05) is 78.9 Å². The Bertz CT molecular complexity index is 1390. The highest BCUT2D eigenvalue weighted by atomic mass is 16.5. The molecule has 1 amide bonds. The lowest BCUT2D eigenvalue weighted by Gasteiger charge is -2.35. The lowest BCUT2D eigenvalue weighted by Crippen LogP contribution is -2.47. The van der Waals surface area contributed by atoms with Crippen LogP contribution in [0, 0.1) is 0 Å². The SMILES string of the molecule is COC(=O)CN1CCNCC1c1ccc(-c2ccc(NC(=O)c3ccccc3-c3ccccc3)cc2)cc1. The molecule has 2 N–H and O–H groups in total. The Balaban J connectivity index is 1.27. The number of nitrogens with one attached hydrogen (secondary N) is 2. The van der Waals surface area contributed by atoms with Crippen molar-refractivity contribution in [1.82, 2.24) is 10.2 Å². The summed E-state index contributed by atoms with van der Waals surface area (Å²) in [5.41, 5.74) is 6.60. The van der Waals surface area contributed by atoms with Crippen LogP contribution in [0.3, 0.4) is 0 Å². The van der Waals surface area contributed by atoms with Gasteiger partial charge in [0.2, 0.25) is 0 Å². The number of anilines is 1. The minimum atomic E-state index is -0.218. The lowest BCUT2D eigenvalue weighted by atomic mass is 9.98. The Hall–Kier alpha value is -4.26. The smallest absolute Gasteiger partial charge is 0.319 e. The van der Waals surface area contributed by atoms with Gasteiger partial charge in [-0.2, -0.15) is 0 Å². The van der Waals surface area contributed by atoms with Crippen LogP contribution in [0.4, 0.5) is 5.69 Å². The summed E-state index contributed by atoms with van der Waals surface area (Å²) in [6, 6.07) is 34.0. The Kier molecular flexibility index (Phi) is 7.92. The van der Waals surface area contributed by atoms with E-state index in [1.54, 1.807) is 0 Å². The molecule has 1 unspecified atom stereocenters. The fraction of sp³-hybridized carbons (Fsp3) is 0.188. The first kappa shape index (κ1) is 25.4. The molecular formula is C32H31N3O3. The fourth-order valence-corrected chi connectivity index (χ4v) is 4.89. The van der Waals surface area contributed by atoms with E-state index >= 15 is 0 Å². The minimum Gasteiger partial charge on any atom is -0.468 e. The van der Waals surface area contributed by atoms with Gasteiger partial charge < -0.3 is 15.4 Å². The van der Waals surface area contributed by atoms with Crippen molar-refractivity contribution in [2.75, 3.05) is 38.6 Å². The minimum absolute atomic E-state index is 0.119. The molecule has 6 heteroatoms. The van der Waals surface area contributed by atoms with Gasteiger partial charge in [0.15, 0.2) is 0 Å². The summed E-state index contributed by atoms with van der Waals surface area (Å²) in [4.78, 5) is 27.1. The molecule has 1 aliphatic rings. The molecule has 0 spiro atoms. The Morgan fingerprint density at radius 3 is 2.21 bits per heavy atom. The molecule has 6 nitrogen and oxygen atoms in total. The summed E-state index contributed by atoms with van der Waals surface area (Å²) in [7, 11) is 1.43. The molecular weight excluding hydrogens is 474 g/mol. The van der Waals surface area contributed by atoms with Crippen LogP contribution >= 0.6 is 0 Å². The monoisotopic (exact) mass is 505 g/mol. The zero-order valence-electron chi connectivity index (χ0n) is 21.4. The maximum Gasteiger partial charge on any atom is 0.319 e. The number of benzene rings is 4. The molecule has 1 saturated heterocycles. The van der Waals surface area contributed by atoms with Gasteiger partial charge in [0.1, 0.15) is 0 Å². The van der Waals surface area contributed by atoms with E-state index in [0.29, 0.717) is 5.56 Å². The Morgan fingerprint density at radius 2 is 1.50 bits per heavy atom. The topological polar surface area (TPSA) is 70.7 Å². The summed E-state index contributed by atoms with van der Waals surface area (Å²) >= 11 is 0. The molecule has 0 bridgehead atoms. The molecule has 0 saturated carbocycles. The van der Waals surface area contributed by atoms with Gasteiger partial charge in [-0.15, -0.1) is 0 Å². The first-order chi connectivity index (χ1) is 18.6. The van der Waals surface area contributed by atoms with Gasteiger partial charge >= 0.3 is 5.97 Å². The van der Waals surface area contributed by atoms with E-state index in [9.17, 15) is 9.59 Å². The van der Waals surface area contributed by atoms with E-state index in [-0.39, 0.29) is 24.5 Å². The molecule has 0 radical (unpaired) electrons. The van der Waals surface area contributed by atoms with E-state index < -0.39 is 0 Å². The van der Waals surface area contributed by atoms with E-state index in [4.69, 9.17) is 4.74 Å². The maximum atomic E-state index is 13.1. The van der Waals surface area contributed by atoms with Crippen molar-refractivity contribution in [1.29, 1.82) is 0 Å². The van der Waals surface area contributed by atoms with Crippen molar-refractivity contribution < 1.29 is 14.3 Å². The first-order valence-corrected chi connectivity index (χ1v) is 12.8. The highest BCUT2D eigenvalue weighted by Gasteiger charge is 2.25. The predicted octanol–water partition coefficient (Wildman–Crippen LogP) is 5.39. The molecule has 1 atom stereocenters. The number of hydrogen-bond donors (Lipinski definition) is 2. The van der Waals surface area contributed by atoms with Gasteiger partial charge in [-0.25, -0.2) is 0 Å². The number of piperazine rings is 1. The number of ether oxygens (including phenoxy) is 1. The molecule has 38 heavy (non-hydrogen) atoms. The van der Waals surface area contributed by atoms with Gasteiger partial charge in [0, 0.05) is 36.9 Å². The van der Waals surface area contributed by atoms with Crippen LogP contribution in [-0.2, 0) is 9.53 Å². The lowest BCUT2D eigenvalue weighted by molar-refractivity contribution is -0.142. The van der Waals surface area contributed by atoms with Crippen LogP contribution in [-0.4, -0.2) is 50.1 Å². The van der Waals surface area contributed by atoms with Crippen molar-refractivity contribution in [3.8, 4) is 22.3 Å². The second kappa shape index (κ2) is 11.9. The zero-order chi connectivity index (χ0) is 26.3. The third-order valence-corrected chi connectivity index (χ3v) is 6.94. The highest BCUT2D eigenvalue weighted by molar-refractivity contribution is 6.08. The van der Waals surface area contributed by atoms with Gasteiger partial charge in [-0.1, -0.05) is 84.9 Å². The van der Waals surface area contributed by atoms with Crippen molar-refractivity contribution in [3.63, 3.8) is 0 Å². The van der Waals surface area contributed by atoms with Crippen molar-refractivity contribution in [2.45, 2.75) is 6.04 Å². The zero-order valence-corrected chi connectivity index (χ0v) is 21.4. The second-order valence-electron chi connectivity index (χ2n) is 9.33. The quantitative estimate of drug-likeness (QED) is 0.330. The van der Waals surface area contributed by atoms with Crippen molar-refractivity contribution >= 4 is 17.6 Å². The third-order valence-electron chi connectivity index (χ3n) is 6.94. The molecule has 0 aromatic heterocycles. The number of hydrogen-bond acceptors (Lipinski definition) is 5. The molecule has 0 aliphatic carbocycles. The molecule has 5 rings (SSSR count). The van der Waals surface area contributed by atoms with E-state index in [0.717, 1.165) is 53.1 Å². The van der Waals surface area contributed by atoms with Crippen LogP contribution in [0.25, 0.3) is 22.3 Å². The van der Waals surface area contributed by atoms with Crippen LogP contribution in [0.15, 0.2) is 103 Å². The highest BCUT2D eigenvalue weighted by Crippen LogP contribution is 2.28. The largest absolute Gasteiger partial charge is 0.468 e. The normalized spacial score (nSPS) is 15.6. The molecule has 192 valence electrons. The van der Waals surface area contributed by atoms with Gasteiger partial charge in [0.25, 0.3) is 5.91 Å². The molecule has 1 aliphatic heterocycles. The predicted molar refractivity (Wildman–Crippen MR) is 151 cm³/mol. The van der Waals surface area contributed by atoms with Crippen LogP contribution in [0.1, 0.15) is 22.0 Å². The van der Waals surface area contributed by atoms with Crippen molar-refractivity contribution in [3.05, 3.63) is 114 Å². The summed E-state index contributed by atoms with van der Waals surface area (Å²) in [6.07, 6.45) is 0. The summed E-state index contributed by atoms with van der Waals surface area (Å²) < 4.78 is 4.87. The number of methoxy groups -OCH3 is 1. The van der Waals surface area contributed by atoms with Gasteiger partial charge in [0.05, 0.1) is 13.7 Å². The Labute approximate surface area is 223 Å². The molecule has 4 aromatic carbocycles. The number of nitrogens with zero attached hydrogens (tertiary/aromatic N) is 1. The summed E-state index contributed by atoms with van der Waals surface area (Å²) in [6.45, 7) is 2.72. The fourth-order valence-electron chi connectivity index (χ4n) is 4.89. The average molecular weight is 506 g/mol. The van der Waals surface area contributed by atoms with Gasteiger partial charge in [-0.05, 0) is 46.0 Å². The van der Waals surface area contributed by atoms with Crippen LogP contribution < -0.4 is 10.6 Å². The van der Waals surface area contributed by atoms with E-state index in [2.05, 4.69) is 39.8 Å². The van der Waals surface area contributed by atoms with Gasteiger partial charge in [-0.3, -0.25) is 14.5 Å². The maximum absolute atomic E-state index is 13.1. The molecule has 4 aromatic rings. The number of carbonyl (C=O) groups is 2. The standard InChI is InChI=1S/C32H31N3O3/c1-38-31(36)22-35-20-19-33-21-30(35)26-13-11-23(12-14-26)24-15-17-27(18-16-24)34-32(37)29-10-6-5-9-28(29)25-7-3-2-4-8-25/h2-18,30,33H,19-22H2,1H3,(H,34,37). The third kappa shape index (κ3) is 5.83. The summed E-state index contributed by atoms with van der Waals surface area (Å²) in [5.74, 6) is -0.358. The Morgan fingerprint density at radius 1 is 0.842 bits per heavy atom.